The number of amides is 1. The number of morpholine rings is 1. The zero-order valence-corrected chi connectivity index (χ0v) is 16.1. The molecule has 1 aliphatic rings. The minimum Gasteiger partial charge on any atom is -0.484 e. The Kier molecular flexibility index (Phi) is 5.92. The van der Waals surface area contributed by atoms with Crippen LogP contribution in [0.4, 0.5) is 0 Å². The Morgan fingerprint density at radius 1 is 1.08 bits per heavy atom. The van der Waals surface area contributed by atoms with Gasteiger partial charge in [-0.3, -0.25) is 4.79 Å². The Morgan fingerprint density at radius 3 is 2.38 bits per heavy atom. The van der Waals surface area contributed by atoms with Gasteiger partial charge in [0.05, 0.1) is 13.2 Å². The molecule has 0 bridgehead atoms. The van der Waals surface area contributed by atoms with Gasteiger partial charge >= 0.3 is 0 Å². The van der Waals surface area contributed by atoms with Gasteiger partial charge in [-0.2, -0.15) is 0 Å². The van der Waals surface area contributed by atoms with Crippen molar-refractivity contribution in [3.63, 3.8) is 0 Å². The van der Waals surface area contributed by atoms with E-state index < -0.39 is 0 Å². The highest BCUT2D eigenvalue weighted by Crippen LogP contribution is 2.24. The van der Waals surface area contributed by atoms with Crippen molar-refractivity contribution in [2.45, 2.75) is 6.10 Å². The van der Waals surface area contributed by atoms with Crippen molar-refractivity contribution in [1.82, 2.24) is 4.90 Å². The fourth-order valence-corrected chi connectivity index (χ4v) is 3.05. The Morgan fingerprint density at radius 2 is 1.71 bits per heavy atom. The molecule has 0 N–H and O–H groups in total. The molecule has 1 amide bonds. The van der Waals surface area contributed by atoms with Gasteiger partial charge in [-0.1, -0.05) is 44.0 Å². The molecule has 0 aliphatic carbocycles. The van der Waals surface area contributed by atoms with Gasteiger partial charge in [-0.15, -0.1) is 0 Å². The number of nitrogens with zero attached hydrogens (tertiary/aromatic N) is 1. The van der Waals surface area contributed by atoms with Crippen LogP contribution in [0.25, 0.3) is 0 Å². The maximum absolute atomic E-state index is 12.4. The van der Waals surface area contributed by atoms with Crippen molar-refractivity contribution in [2.24, 2.45) is 0 Å². The number of halogens is 2. The molecule has 1 saturated heterocycles. The molecule has 0 radical (unpaired) electrons. The van der Waals surface area contributed by atoms with Gasteiger partial charge in [0.25, 0.3) is 5.91 Å². The minimum absolute atomic E-state index is 0.0247. The van der Waals surface area contributed by atoms with Gasteiger partial charge in [-0.05, 0) is 42.0 Å². The number of hydrogen-bond donors (Lipinski definition) is 0. The van der Waals surface area contributed by atoms with Gasteiger partial charge < -0.3 is 14.4 Å². The van der Waals surface area contributed by atoms with E-state index in [0.717, 1.165) is 14.5 Å². The summed E-state index contributed by atoms with van der Waals surface area (Å²) in [7, 11) is 0. The van der Waals surface area contributed by atoms with E-state index in [1.165, 1.54) is 0 Å². The normalized spacial score (nSPS) is 17.6. The van der Waals surface area contributed by atoms with Crippen LogP contribution in [0, 0.1) is 0 Å². The molecule has 3 rings (SSSR count). The van der Waals surface area contributed by atoms with E-state index in [9.17, 15) is 4.79 Å². The molecule has 0 saturated carbocycles. The number of rotatable bonds is 4. The summed E-state index contributed by atoms with van der Waals surface area (Å²) < 4.78 is 13.4. The van der Waals surface area contributed by atoms with Crippen LogP contribution >= 0.6 is 31.9 Å². The summed E-state index contributed by atoms with van der Waals surface area (Å²) in [5.41, 5.74) is 1.07. The van der Waals surface area contributed by atoms with Gasteiger partial charge in [0, 0.05) is 15.5 Å². The number of carbonyl (C=O) groups is 1. The van der Waals surface area contributed by atoms with Crippen molar-refractivity contribution < 1.29 is 14.3 Å². The summed E-state index contributed by atoms with van der Waals surface area (Å²) in [5.74, 6) is 0.660. The smallest absolute Gasteiger partial charge is 0.260 e. The summed E-state index contributed by atoms with van der Waals surface area (Å²) in [6, 6.07) is 15.4. The molecule has 4 nitrogen and oxygen atoms in total. The van der Waals surface area contributed by atoms with E-state index in [0.29, 0.717) is 25.4 Å². The quantitative estimate of drug-likeness (QED) is 0.695. The van der Waals surface area contributed by atoms with E-state index >= 15 is 0 Å². The number of carbonyl (C=O) groups excluding carboxylic acids is 1. The Labute approximate surface area is 158 Å². The van der Waals surface area contributed by atoms with Gasteiger partial charge in [0.15, 0.2) is 6.61 Å². The first-order valence-electron chi connectivity index (χ1n) is 7.65. The van der Waals surface area contributed by atoms with Crippen LogP contribution in [0.3, 0.4) is 0 Å². The van der Waals surface area contributed by atoms with Crippen molar-refractivity contribution in [1.29, 1.82) is 0 Å². The van der Waals surface area contributed by atoms with E-state index in [-0.39, 0.29) is 18.6 Å². The highest BCUT2D eigenvalue weighted by atomic mass is 79.9. The van der Waals surface area contributed by atoms with Gasteiger partial charge in [-0.25, -0.2) is 0 Å². The summed E-state index contributed by atoms with van der Waals surface area (Å²) >= 11 is 6.80. The van der Waals surface area contributed by atoms with Crippen LogP contribution in [0.5, 0.6) is 5.75 Å². The average molecular weight is 455 g/mol. The fourth-order valence-electron chi connectivity index (χ4n) is 2.52. The highest BCUT2D eigenvalue weighted by molar-refractivity contribution is 9.10. The first-order valence-corrected chi connectivity index (χ1v) is 9.23. The minimum atomic E-state index is -0.0940. The van der Waals surface area contributed by atoms with E-state index in [4.69, 9.17) is 9.47 Å². The molecule has 0 unspecified atom stereocenters. The van der Waals surface area contributed by atoms with Gasteiger partial charge in [0.1, 0.15) is 11.9 Å². The van der Waals surface area contributed by atoms with Crippen molar-refractivity contribution >= 4 is 37.8 Å². The summed E-state index contributed by atoms with van der Waals surface area (Å²) in [6.45, 7) is 1.71. The highest BCUT2D eigenvalue weighted by Gasteiger charge is 2.25. The van der Waals surface area contributed by atoms with Crippen LogP contribution in [-0.4, -0.2) is 37.1 Å². The molecule has 0 spiro atoms. The van der Waals surface area contributed by atoms with E-state index in [1.807, 2.05) is 48.5 Å². The lowest BCUT2D eigenvalue weighted by Gasteiger charge is -2.33. The third kappa shape index (κ3) is 4.59. The Hall–Kier alpha value is -1.37. The molecule has 0 aromatic heterocycles. The molecule has 6 heteroatoms. The van der Waals surface area contributed by atoms with Crippen LogP contribution in [0.1, 0.15) is 11.7 Å². The molecule has 1 heterocycles. The second kappa shape index (κ2) is 8.14. The lowest BCUT2D eigenvalue weighted by atomic mass is 10.1. The lowest BCUT2D eigenvalue weighted by molar-refractivity contribution is -0.141. The van der Waals surface area contributed by atoms with Crippen LogP contribution < -0.4 is 4.74 Å². The largest absolute Gasteiger partial charge is 0.484 e. The summed E-state index contributed by atoms with van der Waals surface area (Å²) in [6.07, 6.45) is -0.0940. The zero-order chi connectivity index (χ0) is 16.9. The third-order valence-corrected chi connectivity index (χ3v) is 4.89. The molecule has 1 atom stereocenters. The second-order valence-corrected chi connectivity index (χ2v) is 7.32. The van der Waals surface area contributed by atoms with E-state index in [1.54, 1.807) is 4.90 Å². The number of benzene rings is 2. The molecule has 24 heavy (non-hydrogen) atoms. The predicted molar refractivity (Wildman–Crippen MR) is 99.1 cm³/mol. The summed E-state index contributed by atoms with van der Waals surface area (Å²) in [4.78, 5) is 14.2. The van der Waals surface area contributed by atoms with Crippen molar-refractivity contribution in [3.8, 4) is 5.75 Å². The third-order valence-electron chi connectivity index (χ3n) is 3.84. The fraction of sp³-hybridized carbons (Fsp3) is 0.278. The maximum atomic E-state index is 12.4. The zero-order valence-electron chi connectivity index (χ0n) is 13.0. The van der Waals surface area contributed by atoms with Crippen molar-refractivity contribution in [3.05, 3.63) is 63.0 Å². The predicted octanol–water partition coefficient (Wildman–Crippen LogP) is 4.19. The van der Waals surface area contributed by atoms with Gasteiger partial charge in [0.2, 0.25) is 0 Å². The monoisotopic (exact) mass is 453 g/mol. The number of ether oxygens (including phenoxy) is 2. The molecule has 2 aromatic carbocycles. The first-order chi connectivity index (χ1) is 11.6. The second-order valence-electron chi connectivity index (χ2n) is 5.49. The van der Waals surface area contributed by atoms with Crippen LogP contribution in [0.15, 0.2) is 57.5 Å². The maximum Gasteiger partial charge on any atom is 0.260 e. The topological polar surface area (TPSA) is 38.8 Å². The van der Waals surface area contributed by atoms with Crippen LogP contribution in [0.2, 0.25) is 0 Å². The Balaban J connectivity index is 1.56. The Bertz CT molecular complexity index is 688. The molecule has 1 aliphatic heterocycles. The van der Waals surface area contributed by atoms with Crippen LogP contribution in [-0.2, 0) is 9.53 Å². The molecule has 1 fully saturated rings. The molecular weight excluding hydrogens is 438 g/mol. The molecular formula is C18H17Br2NO3. The van der Waals surface area contributed by atoms with E-state index in [2.05, 4.69) is 31.9 Å². The number of hydrogen-bond acceptors (Lipinski definition) is 3. The lowest BCUT2D eigenvalue weighted by Crippen LogP contribution is -2.44. The average Bonchev–Trinajstić information content (AvgIpc) is 2.62. The molecule has 126 valence electrons. The SMILES string of the molecule is O=C(COc1ccc(Br)cc1)N1CCO[C@@H](c2ccc(Br)cc2)C1. The standard InChI is InChI=1S/C18H17Br2NO3/c19-14-3-1-13(2-4-14)17-11-21(9-10-23-17)18(22)12-24-16-7-5-15(20)6-8-16/h1-8,17H,9-12H2/t17-/m1/s1. The molecule has 2 aromatic rings. The summed E-state index contributed by atoms with van der Waals surface area (Å²) in [5, 5.41) is 0. The van der Waals surface area contributed by atoms with Crippen molar-refractivity contribution in [2.75, 3.05) is 26.3 Å². The first kappa shape index (κ1) is 17.5.